The summed E-state index contributed by atoms with van der Waals surface area (Å²) in [6, 6.07) is 5.04. The van der Waals surface area contributed by atoms with E-state index in [0.717, 1.165) is 31.7 Å². The smallest absolute Gasteiger partial charge is 0.272 e. The summed E-state index contributed by atoms with van der Waals surface area (Å²) in [6.07, 6.45) is 6.62. The number of sulfonamides is 1. The molecule has 0 saturated carbocycles. The van der Waals surface area contributed by atoms with Gasteiger partial charge in [0.05, 0.1) is 5.69 Å². The fourth-order valence-corrected chi connectivity index (χ4v) is 5.18. The molecule has 1 amide bonds. The molecule has 0 aromatic carbocycles. The molecule has 0 bridgehead atoms. The van der Waals surface area contributed by atoms with Crippen LogP contribution in [0, 0.1) is 0 Å². The van der Waals surface area contributed by atoms with Crippen LogP contribution in [0.3, 0.4) is 0 Å². The maximum Gasteiger partial charge on any atom is 0.272 e. The molecule has 1 N–H and O–H groups in total. The first kappa shape index (κ1) is 21.3. The number of rotatable bonds is 7. The molecular formula is C20H29N5O3S. The lowest BCUT2D eigenvalue weighted by Crippen LogP contribution is -2.31. The van der Waals surface area contributed by atoms with E-state index in [1.165, 1.54) is 23.0 Å². The molecule has 0 aliphatic carbocycles. The second-order valence-corrected chi connectivity index (χ2v) is 9.08. The molecule has 0 spiro atoms. The number of carbonyl (C=O) groups excluding carboxylic acids is 1. The second-order valence-electron chi connectivity index (χ2n) is 7.14. The van der Waals surface area contributed by atoms with Crippen LogP contribution in [0.25, 0.3) is 0 Å². The summed E-state index contributed by atoms with van der Waals surface area (Å²) < 4.78 is 28.5. The van der Waals surface area contributed by atoms with E-state index >= 15 is 0 Å². The van der Waals surface area contributed by atoms with Crippen molar-refractivity contribution >= 4 is 27.4 Å². The molecule has 1 saturated heterocycles. The van der Waals surface area contributed by atoms with Gasteiger partial charge in [-0.2, -0.15) is 4.31 Å². The zero-order valence-corrected chi connectivity index (χ0v) is 18.1. The van der Waals surface area contributed by atoms with Crippen LogP contribution in [0.15, 0.2) is 35.5 Å². The number of nitrogens with one attached hydrogen (secondary N) is 1. The molecule has 2 aromatic rings. The summed E-state index contributed by atoms with van der Waals surface area (Å²) in [5.74, 6) is 0.394. The molecular weight excluding hydrogens is 390 g/mol. The van der Waals surface area contributed by atoms with Gasteiger partial charge in [0.15, 0.2) is 5.82 Å². The maximum absolute atomic E-state index is 12.9. The van der Waals surface area contributed by atoms with Gasteiger partial charge in [0.25, 0.3) is 5.91 Å². The lowest BCUT2D eigenvalue weighted by atomic mass is 10.1. The molecule has 8 nitrogen and oxygen atoms in total. The van der Waals surface area contributed by atoms with Crippen molar-refractivity contribution in [1.29, 1.82) is 0 Å². The first-order valence-electron chi connectivity index (χ1n) is 10.1. The Hall–Kier alpha value is -2.39. The molecule has 0 atom stereocenters. The Balaban J connectivity index is 1.85. The summed E-state index contributed by atoms with van der Waals surface area (Å²) >= 11 is 0. The van der Waals surface area contributed by atoms with Crippen LogP contribution < -0.4 is 10.2 Å². The molecule has 1 aliphatic heterocycles. The zero-order chi connectivity index (χ0) is 21.0. The van der Waals surface area contributed by atoms with Crippen molar-refractivity contribution in [2.24, 2.45) is 7.05 Å². The van der Waals surface area contributed by atoms with Gasteiger partial charge in [0.1, 0.15) is 10.6 Å². The summed E-state index contributed by atoms with van der Waals surface area (Å²) in [5, 5.41) is 2.91. The summed E-state index contributed by atoms with van der Waals surface area (Å²) in [5.41, 5.74) is 0.915. The first-order chi connectivity index (χ1) is 13.9. The number of amides is 1. The number of piperidine rings is 1. The van der Waals surface area contributed by atoms with Crippen LogP contribution in [0.4, 0.5) is 11.5 Å². The molecule has 29 heavy (non-hydrogen) atoms. The molecule has 0 unspecified atom stereocenters. The summed E-state index contributed by atoms with van der Waals surface area (Å²) in [4.78, 5) is 19.7. The third-order valence-electron chi connectivity index (χ3n) is 5.25. The Kier molecular flexibility index (Phi) is 6.59. The first-order valence-corrected chi connectivity index (χ1v) is 11.5. The van der Waals surface area contributed by atoms with Crippen molar-refractivity contribution in [1.82, 2.24) is 13.9 Å². The Bertz CT molecular complexity index is 960. The number of hydrogen-bond acceptors (Lipinski definition) is 5. The normalized spacial score (nSPS) is 15.0. The largest absolute Gasteiger partial charge is 0.355 e. The Labute approximate surface area is 172 Å². The van der Waals surface area contributed by atoms with Crippen molar-refractivity contribution in [3.05, 3.63) is 36.3 Å². The Morgan fingerprint density at radius 1 is 1.21 bits per heavy atom. The van der Waals surface area contributed by atoms with E-state index in [-0.39, 0.29) is 16.5 Å². The number of nitrogens with zero attached hydrogens (tertiary/aromatic N) is 4. The molecule has 3 rings (SSSR count). The number of carbonyl (C=O) groups is 1. The predicted octanol–water partition coefficient (Wildman–Crippen LogP) is 2.69. The maximum atomic E-state index is 12.9. The van der Waals surface area contributed by atoms with E-state index < -0.39 is 10.0 Å². The third-order valence-corrected chi connectivity index (χ3v) is 7.26. The van der Waals surface area contributed by atoms with Gasteiger partial charge < -0.3 is 14.8 Å². The van der Waals surface area contributed by atoms with Gasteiger partial charge in [0.2, 0.25) is 10.0 Å². The van der Waals surface area contributed by atoms with Gasteiger partial charge in [-0.25, -0.2) is 13.4 Å². The van der Waals surface area contributed by atoms with Gasteiger partial charge in [0, 0.05) is 45.6 Å². The molecule has 1 aliphatic rings. The molecule has 1 fully saturated rings. The fraction of sp³-hybridized carbons (Fsp3) is 0.500. The van der Waals surface area contributed by atoms with Crippen molar-refractivity contribution in [2.75, 3.05) is 36.4 Å². The Morgan fingerprint density at radius 3 is 2.55 bits per heavy atom. The number of pyridine rings is 1. The number of anilines is 2. The topological polar surface area (TPSA) is 87.5 Å². The highest BCUT2D eigenvalue weighted by atomic mass is 32.2. The third kappa shape index (κ3) is 4.45. The van der Waals surface area contributed by atoms with E-state index in [0.29, 0.717) is 18.8 Å². The second kappa shape index (κ2) is 8.96. The van der Waals surface area contributed by atoms with Crippen molar-refractivity contribution in [2.45, 2.75) is 38.0 Å². The lowest BCUT2D eigenvalue weighted by Gasteiger charge is -2.29. The fourth-order valence-electron chi connectivity index (χ4n) is 3.65. The van der Waals surface area contributed by atoms with Crippen molar-refractivity contribution in [3.63, 3.8) is 0 Å². The molecule has 3 heterocycles. The van der Waals surface area contributed by atoms with E-state index in [1.807, 2.05) is 6.07 Å². The monoisotopic (exact) mass is 419 g/mol. The van der Waals surface area contributed by atoms with Crippen LogP contribution in [0.2, 0.25) is 0 Å². The van der Waals surface area contributed by atoms with Crippen LogP contribution in [0.1, 0.15) is 43.6 Å². The van der Waals surface area contributed by atoms with E-state index in [9.17, 15) is 13.2 Å². The van der Waals surface area contributed by atoms with Crippen LogP contribution in [-0.4, -0.2) is 54.4 Å². The molecule has 2 aromatic heterocycles. The molecule has 9 heteroatoms. The van der Waals surface area contributed by atoms with Crippen LogP contribution in [-0.2, 0) is 17.1 Å². The minimum atomic E-state index is -3.62. The van der Waals surface area contributed by atoms with E-state index in [2.05, 4.69) is 15.2 Å². The van der Waals surface area contributed by atoms with Gasteiger partial charge in [-0.05, 0) is 37.5 Å². The van der Waals surface area contributed by atoms with Gasteiger partial charge in [-0.3, -0.25) is 4.79 Å². The average molecular weight is 420 g/mol. The van der Waals surface area contributed by atoms with E-state index in [4.69, 9.17) is 0 Å². The minimum Gasteiger partial charge on any atom is -0.355 e. The van der Waals surface area contributed by atoms with Crippen molar-refractivity contribution in [3.8, 4) is 0 Å². The van der Waals surface area contributed by atoms with Crippen LogP contribution >= 0.6 is 0 Å². The minimum absolute atomic E-state index is 0.122. The number of aromatic nitrogens is 2. The van der Waals surface area contributed by atoms with E-state index in [1.54, 1.807) is 37.7 Å². The Morgan fingerprint density at radius 2 is 1.90 bits per heavy atom. The highest BCUT2D eigenvalue weighted by Gasteiger charge is 2.26. The molecule has 0 radical (unpaired) electrons. The summed E-state index contributed by atoms with van der Waals surface area (Å²) in [6.45, 7) is 6.17. The lowest BCUT2D eigenvalue weighted by molar-refractivity contribution is 0.101. The summed E-state index contributed by atoms with van der Waals surface area (Å²) in [7, 11) is -1.95. The van der Waals surface area contributed by atoms with Gasteiger partial charge in [-0.15, -0.1) is 0 Å². The van der Waals surface area contributed by atoms with Crippen LogP contribution in [0.5, 0.6) is 0 Å². The SMILES string of the molecule is CCN(CC)S(=O)(=O)c1cc(C(=O)Nc2cccnc2N2CCCCC2)n(C)c1. The quantitative estimate of drug-likeness (QED) is 0.746. The molecule has 158 valence electrons. The number of hydrogen-bond donors (Lipinski definition) is 1. The number of aryl methyl sites for hydroxylation is 1. The predicted molar refractivity (Wildman–Crippen MR) is 114 cm³/mol. The highest BCUT2D eigenvalue weighted by molar-refractivity contribution is 7.89. The standard InChI is InChI=1S/C20H29N5O3S/c1-4-25(5-2)29(27,28)16-14-18(23(3)15-16)20(26)22-17-10-9-11-21-19(17)24-12-7-6-8-13-24/h9-11,14-15H,4-8,12-13H2,1-3H3,(H,22,26). The average Bonchev–Trinajstić information content (AvgIpc) is 3.12. The zero-order valence-electron chi connectivity index (χ0n) is 17.3. The van der Waals surface area contributed by atoms with Gasteiger partial charge >= 0.3 is 0 Å². The van der Waals surface area contributed by atoms with Gasteiger partial charge in [-0.1, -0.05) is 13.8 Å². The van der Waals surface area contributed by atoms with Crippen molar-refractivity contribution < 1.29 is 13.2 Å². The highest BCUT2D eigenvalue weighted by Crippen LogP contribution is 2.27.